The summed E-state index contributed by atoms with van der Waals surface area (Å²) in [5.41, 5.74) is 0.517. The Morgan fingerprint density at radius 2 is 2.03 bits per heavy atom. The van der Waals surface area contributed by atoms with Gasteiger partial charge in [-0.25, -0.2) is 8.42 Å². The summed E-state index contributed by atoms with van der Waals surface area (Å²) in [6, 6.07) is 13.2. The van der Waals surface area contributed by atoms with E-state index in [4.69, 9.17) is 4.74 Å². The summed E-state index contributed by atoms with van der Waals surface area (Å²) in [7, 11) is -3.95. The average molecular weight is 461 g/mol. The van der Waals surface area contributed by atoms with Crippen LogP contribution in [0.2, 0.25) is 0 Å². The van der Waals surface area contributed by atoms with Gasteiger partial charge in [-0.3, -0.25) is 19.3 Å². The predicted molar refractivity (Wildman–Crippen MR) is 123 cm³/mol. The minimum atomic E-state index is -3.95. The summed E-state index contributed by atoms with van der Waals surface area (Å²) in [5, 5.41) is 14.8. The number of anilines is 2. The lowest BCUT2D eigenvalue weighted by atomic mass is 10.2. The third kappa shape index (κ3) is 4.57. The summed E-state index contributed by atoms with van der Waals surface area (Å²) in [6.45, 7) is 4.88. The number of nitro groups is 1. The van der Waals surface area contributed by atoms with Gasteiger partial charge >= 0.3 is 0 Å². The quantitative estimate of drug-likeness (QED) is 0.477. The highest BCUT2D eigenvalue weighted by Crippen LogP contribution is 2.31. The molecule has 2 heterocycles. The molecule has 0 aliphatic carbocycles. The zero-order valence-electron chi connectivity index (χ0n) is 18.0. The van der Waals surface area contributed by atoms with E-state index in [2.05, 4.69) is 10.2 Å². The molecule has 0 saturated carbocycles. The van der Waals surface area contributed by atoms with Gasteiger partial charge in [0.1, 0.15) is 5.69 Å². The van der Waals surface area contributed by atoms with Crippen LogP contribution < -0.4 is 9.62 Å². The molecule has 0 amide bonds. The maximum atomic E-state index is 13.2. The fraction of sp³-hybridized carbons (Fsp3) is 0.455. The predicted octanol–water partition coefficient (Wildman–Crippen LogP) is 3.09. The minimum absolute atomic E-state index is 0.0685. The molecule has 9 nitrogen and oxygen atoms in total. The van der Waals surface area contributed by atoms with Crippen molar-refractivity contribution in [3.05, 3.63) is 58.6 Å². The smallest absolute Gasteiger partial charge is 0.293 e. The van der Waals surface area contributed by atoms with E-state index < -0.39 is 14.9 Å². The first-order valence-corrected chi connectivity index (χ1v) is 12.3. The Morgan fingerprint density at radius 1 is 1.25 bits per heavy atom. The molecule has 1 N–H and O–H groups in total. The SMILES string of the molecule is CCN(c1ccccc1)S(=O)(=O)c1ccc(NC[C@H]2CN3CCC[C@@H]3CO2)c([N+](=O)[O-])c1. The van der Waals surface area contributed by atoms with E-state index in [0.717, 1.165) is 25.6 Å². The molecule has 4 rings (SSSR count). The van der Waals surface area contributed by atoms with Crippen LogP contribution in [0.15, 0.2) is 53.4 Å². The Bertz CT molecular complexity index is 1060. The van der Waals surface area contributed by atoms with Crippen LogP contribution in [0, 0.1) is 10.1 Å². The van der Waals surface area contributed by atoms with Crippen molar-refractivity contribution in [3.63, 3.8) is 0 Å². The summed E-state index contributed by atoms with van der Waals surface area (Å²) in [5.74, 6) is 0. The number of nitro benzene ring substituents is 1. The van der Waals surface area contributed by atoms with E-state index in [1.54, 1.807) is 37.3 Å². The van der Waals surface area contributed by atoms with Gasteiger partial charge in [0.25, 0.3) is 15.7 Å². The number of morpholine rings is 1. The molecular weight excluding hydrogens is 432 g/mol. The molecule has 2 aromatic carbocycles. The van der Waals surface area contributed by atoms with Gasteiger partial charge in [-0.1, -0.05) is 18.2 Å². The molecule has 0 spiro atoms. The van der Waals surface area contributed by atoms with Crippen molar-refractivity contribution in [2.45, 2.75) is 36.8 Å². The van der Waals surface area contributed by atoms with Gasteiger partial charge in [0, 0.05) is 31.7 Å². The molecule has 2 fully saturated rings. The Labute approximate surface area is 188 Å². The average Bonchev–Trinajstić information content (AvgIpc) is 3.26. The number of rotatable bonds is 8. The monoisotopic (exact) mass is 460 g/mol. The van der Waals surface area contributed by atoms with Crippen LogP contribution >= 0.6 is 0 Å². The third-order valence-electron chi connectivity index (χ3n) is 6.07. The number of benzene rings is 2. The molecular formula is C22H28N4O5S. The highest BCUT2D eigenvalue weighted by molar-refractivity contribution is 7.92. The number of para-hydroxylation sites is 1. The fourth-order valence-corrected chi connectivity index (χ4v) is 5.91. The highest BCUT2D eigenvalue weighted by atomic mass is 32.2. The maximum absolute atomic E-state index is 13.2. The van der Waals surface area contributed by atoms with Gasteiger partial charge in [0.15, 0.2) is 0 Å². The first-order valence-electron chi connectivity index (χ1n) is 10.9. The second-order valence-corrected chi connectivity index (χ2v) is 9.93. The van der Waals surface area contributed by atoms with Crippen molar-refractivity contribution < 1.29 is 18.1 Å². The number of hydrogen-bond donors (Lipinski definition) is 1. The van der Waals surface area contributed by atoms with Crippen LogP contribution in [-0.2, 0) is 14.8 Å². The standard InChI is InChI=1S/C22H28N4O5S/c1-2-25(17-7-4-3-5-8-17)32(29,30)20-10-11-21(22(13-20)26(27)28)23-14-19-15-24-12-6-9-18(24)16-31-19/h3-5,7-8,10-11,13,18-19,23H,2,6,9,12,14-16H2,1H3/t18-,19+/m1/s1. The Balaban J connectivity index is 1.53. The molecule has 0 radical (unpaired) electrons. The van der Waals surface area contributed by atoms with Crippen molar-refractivity contribution in [2.75, 3.05) is 42.4 Å². The van der Waals surface area contributed by atoms with Crippen molar-refractivity contribution in [1.82, 2.24) is 4.90 Å². The summed E-state index contributed by atoms with van der Waals surface area (Å²) in [4.78, 5) is 13.5. The first-order chi connectivity index (χ1) is 15.4. The van der Waals surface area contributed by atoms with E-state index in [1.165, 1.54) is 22.9 Å². The van der Waals surface area contributed by atoms with Crippen molar-refractivity contribution in [3.8, 4) is 0 Å². The van der Waals surface area contributed by atoms with E-state index in [9.17, 15) is 18.5 Å². The summed E-state index contributed by atoms with van der Waals surface area (Å²) in [6.07, 6.45) is 2.26. The molecule has 2 aromatic rings. The second-order valence-electron chi connectivity index (χ2n) is 8.07. The summed E-state index contributed by atoms with van der Waals surface area (Å²) >= 11 is 0. The van der Waals surface area contributed by atoms with Gasteiger partial charge in [0.05, 0.1) is 28.2 Å². The Hall–Kier alpha value is -2.69. The van der Waals surface area contributed by atoms with Gasteiger partial charge in [-0.2, -0.15) is 0 Å². The normalized spacial score (nSPS) is 21.2. The number of ether oxygens (including phenoxy) is 1. The molecule has 172 valence electrons. The first kappa shape index (κ1) is 22.5. The number of fused-ring (bicyclic) bond motifs is 1. The molecule has 2 aliphatic rings. The van der Waals surface area contributed by atoms with Gasteiger partial charge in [-0.05, 0) is 50.6 Å². The second kappa shape index (κ2) is 9.43. The molecule has 10 heteroatoms. The van der Waals surface area contributed by atoms with Crippen molar-refractivity contribution in [1.29, 1.82) is 0 Å². The highest BCUT2D eigenvalue weighted by Gasteiger charge is 2.32. The van der Waals surface area contributed by atoms with Crippen molar-refractivity contribution in [2.24, 2.45) is 0 Å². The van der Waals surface area contributed by atoms with Gasteiger partial charge in [0.2, 0.25) is 0 Å². The minimum Gasteiger partial charge on any atom is -0.377 e. The van der Waals surface area contributed by atoms with E-state index in [-0.39, 0.29) is 28.9 Å². The topological polar surface area (TPSA) is 105 Å². The zero-order chi connectivity index (χ0) is 22.7. The number of nitrogens with one attached hydrogen (secondary N) is 1. The molecule has 2 saturated heterocycles. The van der Waals surface area contributed by atoms with Crippen LogP contribution in [0.3, 0.4) is 0 Å². The zero-order valence-corrected chi connectivity index (χ0v) is 18.8. The lowest BCUT2D eigenvalue weighted by Gasteiger charge is -2.35. The molecule has 32 heavy (non-hydrogen) atoms. The summed E-state index contributed by atoms with van der Waals surface area (Å²) < 4.78 is 33.6. The van der Waals surface area contributed by atoms with Gasteiger partial charge in [-0.15, -0.1) is 0 Å². The molecule has 0 unspecified atom stereocenters. The molecule has 0 bridgehead atoms. The van der Waals surface area contributed by atoms with E-state index in [0.29, 0.717) is 24.9 Å². The van der Waals surface area contributed by atoms with Gasteiger partial charge < -0.3 is 10.1 Å². The number of hydrogen-bond acceptors (Lipinski definition) is 7. The van der Waals surface area contributed by atoms with Crippen LogP contribution in [0.5, 0.6) is 0 Å². The lowest BCUT2D eigenvalue weighted by Crippen LogP contribution is -2.48. The van der Waals surface area contributed by atoms with E-state index in [1.807, 2.05) is 0 Å². The van der Waals surface area contributed by atoms with E-state index >= 15 is 0 Å². The molecule has 2 atom stereocenters. The Kier molecular flexibility index (Phi) is 6.63. The van der Waals surface area contributed by atoms with Crippen LogP contribution in [0.25, 0.3) is 0 Å². The lowest BCUT2D eigenvalue weighted by molar-refractivity contribution is -0.384. The number of nitrogens with zero attached hydrogens (tertiary/aromatic N) is 3. The van der Waals surface area contributed by atoms with Crippen LogP contribution in [0.1, 0.15) is 19.8 Å². The molecule has 2 aliphatic heterocycles. The van der Waals surface area contributed by atoms with Crippen LogP contribution in [0.4, 0.5) is 17.1 Å². The largest absolute Gasteiger partial charge is 0.377 e. The molecule has 0 aromatic heterocycles. The number of sulfonamides is 1. The maximum Gasteiger partial charge on any atom is 0.293 e. The Morgan fingerprint density at radius 3 is 2.75 bits per heavy atom. The van der Waals surface area contributed by atoms with Crippen molar-refractivity contribution >= 4 is 27.1 Å². The van der Waals surface area contributed by atoms with Crippen LogP contribution in [-0.4, -0.2) is 63.2 Å². The third-order valence-corrected chi connectivity index (χ3v) is 7.97. The fourth-order valence-electron chi connectivity index (χ4n) is 4.42.